The Labute approximate surface area is 752 Å². The summed E-state index contributed by atoms with van der Waals surface area (Å²) < 4.78 is 42.9. The van der Waals surface area contributed by atoms with Crippen LogP contribution >= 0.6 is 15.9 Å². The summed E-state index contributed by atoms with van der Waals surface area (Å²) in [7, 11) is 0. The fourth-order valence-electron chi connectivity index (χ4n) is 21.2. The zero-order valence-corrected chi connectivity index (χ0v) is 76.8. The molecule has 127 heavy (non-hydrogen) atoms. The maximum Gasteiger partial charge on any atom is 0.407 e. The number of alkyl carbamates (subject to hydrolysis) is 1. The number of nitrogens with zero attached hydrogens (tertiary/aromatic N) is 20. The number of nitrogens with two attached hydrogens (primary N) is 1. The Morgan fingerprint density at radius 2 is 1.07 bits per heavy atom. The van der Waals surface area contributed by atoms with Gasteiger partial charge in [0.25, 0.3) is 0 Å². The van der Waals surface area contributed by atoms with Crippen molar-refractivity contribution in [1.29, 1.82) is 0 Å². The summed E-state index contributed by atoms with van der Waals surface area (Å²) >= 11 is 3.41. The van der Waals surface area contributed by atoms with Gasteiger partial charge in [-0.3, -0.25) is 15.1 Å². The molecule has 22 rings (SSSR count). The Morgan fingerprint density at radius 1 is 0.535 bits per heavy atom. The molecule has 10 aromatic rings. The smallest absolute Gasteiger partial charge is 0.407 e. The molecule has 1 amide bonds. The third-order valence-electron chi connectivity index (χ3n) is 28.7. The van der Waals surface area contributed by atoms with Crippen LogP contribution in [0.3, 0.4) is 0 Å². The van der Waals surface area contributed by atoms with Gasteiger partial charge in [0.15, 0.2) is 41.5 Å². The van der Waals surface area contributed by atoms with E-state index in [9.17, 15) is 4.79 Å². The monoisotopic (exact) mass is 1790 g/mol. The van der Waals surface area contributed by atoms with Crippen molar-refractivity contribution in [2.24, 2.45) is 21.6 Å². The van der Waals surface area contributed by atoms with Crippen LogP contribution in [0.1, 0.15) is 272 Å². The first kappa shape index (κ1) is 86.6. The average Bonchev–Trinajstić information content (AvgIpc) is 1.62. The van der Waals surface area contributed by atoms with E-state index in [0.29, 0.717) is 37.5 Å². The Bertz CT molecular complexity index is 5560. The number of pyridine rings is 4. The van der Waals surface area contributed by atoms with Crippen molar-refractivity contribution in [2.45, 2.75) is 276 Å². The van der Waals surface area contributed by atoms with Gasteiger partial charge in [-0.25, -0.2) is 53.7 Å². The van der Waals surface area contributed by atoms with E-state index in [2.05, 4.69) is 143 Å². The number of aromatic amines is 1. The van der Waals surface area contributed by atoms with Crippen LogP contribution in [0.15, 0.2) is 107 Å². The number of amidine groups is 1. The van der Waals surface area contributed by atoms with Crippen molar-refractivity contribution in [3.05, 3.63) is 148 Å². The number of nitrogens with one attached hydrogen (secondary N) is 2. The Kier molecular flexibility index (Phi) is 25.2. The van der Waals surface area contributed by atoms with Crippen molar-refractivity contribution in [3.8, 4) is 34.2 Å². The van der Waals surface area contributed by atoms with Crippen molar-refractivity contribution < 1.29 is 33.2 Å². The molecule has 10 aromatic heterocycles. The third-order valence-corrected chi connectivity index (χ3v) is 29.1. The summed E-state index contributed by atoms with van der Waals surface area (Å²) in [5, 5.41) is 24.7. The second kappa shape index (κ2) is 37.0. The minimum atomic E-state index is -0.568. The molecule has 31 heteroatoms. The molecule has 2 aliphatic carbocycles. The Balaban J connectivity index is 0.000000125. The van der Waals surface area contributed by atoms with E-state index < -0.39 is 11.7 Å². The summed E-state index contributed by atoms with van der Waals surface area (Å²) in [5.74, 6) is 5.28. The van der Waals surface area contributed by atoms with Crippen molar-refractivity contribution in [2.75, 3.05) is 91.9 Å². The molecular weight excluding hydrogens is 1670 g/mol. The summed E-state index contributed by atoms with van der Waals surface area (Å²) in [6, 6.07) is 23.1. The van der Waals surface area contributed by atoms with Crippen molar-refractivity contribution >= 4 is 67.9 Å². The molecule has 11 atom stereocenters. The van der Waals surface area contributed by atoms with Gasteiger partial charge in [0.05, 0.1) is 113 Å². The standard InChI is InChI=1S/C41H56N10O5.C27H33N9O.C18H23N3O.C10H12BrN/c1-26-15-19-49(30-13-12-28(44-34(26)30)29-14-18-43-50(29)32-10-6-8-22-53-32)38-35-37(51(47-38)33-11-7-9-23-54-33)45-31(24-42-35)48-20-16-41(17-21-48)25-55-27(2)36(41)46-39(52)56-40(3,4)5;1-16-6-10-36(21-4-3-18(33-23(16)21)19-5-9-31-34-19)26-24-20(13-30-26)32-22(14-29-24)35-11-7-27(8-12-35)15-37-17(2)25(27)28;1-13-5-4-6-14-8-9-15(20-18(13)14)16-10-11-19-21(16)17-7-2-3-12-22-17;1-7-3-2-4-8-5-6-9(11)12-10(7)8/h12-14,18,24,26-27,32-33,36H,6-11,15-17,19-23,25H2,1-5H3,(H,46,52);3-5,9,14,16-17,25H,6-8,10-13,15,28H2,1-2H3,(H,31,34);8-11,13,17H,2-7,12H2,1H3;5-7H,2-4H2,1H3/t26-,27-,32?,33?,36+;16-,17-,25+;13-,17?;7-/m0000/s1. The number of fused-ring (bicyclic) bond motifs is 6. The van der Waals surface area contributed by atoms with E-state index in [1.54, 1.807) is 6.20 Å². The molecule has 7 saturated heterocycles. The molecule has 672 valence electrons. The zero-order valence-electron chi connectivity index (χ0n) is 75.2. The zero-order chi connectivity index (χ0) is 87.2. The van der Waals surface area contributed by atoms with Crippen LogP contribution in [0.2, 0.25) is 0 Å². The van der Waals surface area contributed by atoms with Crippen LogP contribution in [-0.2, 0) is 47.8 Å². The number of H-pyrrole nitrogens is 1. The number of ether oxygens (including phenoxy) is 6. The van der Waals surface area contributed by atoms with E-state index in [0.717, 1.165) is 263 Å². The average molecular weight is 1790 g/mol. The number of amides is 1. The number of carbonyl (C=O) groups is 1. The van der Waals surface area contributed by atoms with E-state index >= 15 is 0 Å². The second-order valence-electron chi connectivity index (χ2n) is 38.4. The van der Waals surface area contributed by atoms with Crippen LogP contribution in [0, 0.1) is 10.8 Å². The number of aliphatic imine (C=N–C) groups is 1. The molecule has 0 radical (unpaired) electrons. The predicted molar refractivity (Wildman–Crippen MR) is 492 cm³/mol. The summed E-state index contributed by atoms with van der Waals surface area (Å²) in [4.78, 5) is 67.1. The van der Waals surface area contributed by atoms with Crippen LogP contribution in [0.4, 0.5) is 33.6 Å². The number of hydrogen-bond donors (Lipinski definition) is 3. The van der Waals surface area contributed by atoms with Crippen LogP contribution in [0.25, 0.3) is 45.3 Å². The molecule has 20 heterocycles. The molecule has 10 aliphatic heterocycles. The lowest BCUT2D eigenvalue weighted by Crippen LogP contribution is -2.55. The van der Waals surface area contributed by atoms with Gasteiger partial charge < -0.3 is 59.1 Å². The first-order chi connectivity index (χ1) is 61.7. The number of aromatic nitrogens is 16. The maximum absolute atomic E-state index is 12.8. The highest BCUT2D eigenvalue weighted by molar-refractivity contribution is 9.10. The number of aryl methyl sites for hydroxylation is 2. The predicted octanol–water partition coefficient (Wildman–Crippen LogP) is 17.3. The molecular formula is C96H124BrN23O7. The van der Waals surface area contributed by atoms with Gasteiger partial charge in [-0.05, 0) is 263 Å². The van der Waals surface area contributed by atoms with Crippen LogP contribution < -0.4 is 30.7 Å². The fraction of sp³-hybridized carbons (Fsp3) is 0.583. The Hall–Kier alpha value is -9.76. The largest absolute Gasteiger partial charge is 0.444 e. The maximum atomic E-state index is 12.8. The highest BCUT2D eigenvalue weighted by Crippen LogP contribution is 2.48. The highest BCUT2D eigenvalue weighted by atomic mass is 79.9. The topological polar surface area (TPSA) is 321 Å². The summed E-state index contributed by atoms with van der Waals surface area (Å²) in [5.41, 5.74) is 24.7. The highest BCUT2D eigenvalue weighted by Gasteiger charge is 2.52. The summed E-state index contributed by atoms with van der Waals surface area (Å²) in [6.45, 7) is 28.1. The van der Waals surface area contributed by atoms with Crippen molar-refractivity contribution in [1.82, 2.24) is 84.7 Å². The van der Waals surface area contributed by atoms with Gasteiger partial charge in [0.2, 0.25) is 0 Å². The third kappa shape index (κ3) is 17.9. The molecule has 0 bridgehead atoms. The number of anilines is 5. The first-order valence-electron chi connectivity index (χ1n) is 47.0. The molecule has 4 N–H and O–H groups in total. The number of piperidine rings is 2. The second-order valence-corrected chi connectivity index (χ2v) is 39.2. The fourth-order valence-corrected chi connectivity index (χ4v) is 21.5. The quantitative estimate of drug-likeness (QED) is 0.107. The van der Waals surface area contributed by atoms with E-state index in [1.165, 1.54) is 61.0 Å². The number of rotatable bonds is 10. The van der Waals surface area contributed by atoms with Gasteiger partial charge in [0.1, 0.15) is 27.5 Å². The minimum absolute atomic E-state index is 0.0639. The Morgan fingerprint density at radius 3 is 1.67 bits per heavy atom. The lowest BCUT2D eigenvalue weighted by Gasteiger charge is -2.42. The minimum Gasteiger partial charge on any atom is -0.444 e. The molecule has 0 aromatic carbocycles. The summed E-state index contributed by atoms with van der Waals surface area (Å²) in [6.07, 6.45) is 31.4. The first-order valence-corrected chi connectivity index (χ1v) is 47.8. The lowest BCUT2D eigenvalue weighted by atomic mass is 9.73. The van der Waals surface area contributed by atoms with Gasteiger partial charge in [0, 0.05) is 118 Å². The molecule has 3 unspecified atom stereocenters. The van der Waals surface area contributed by atoms with E-state index in [1.807, 2.05) is 90.8 Å². The van der Waals surface area contributed by atoms with Crippen LogP contribution in [0.5, 0.6) is 0 Å². The number of halogens is 1. The number of hydrogen-bond acceptors (Lipinski definition) is 25. The van der Waals surface area contributed by atoms with Gasteiger partial charge in [-0.2, -0.15) is 15.3 Å². The van der Waals surface area contributed by atoms with Gasteiger partial charge >= 0.3 is 6.09 Å². The normalized spacial score (nSPS) is 25.9. The molecule has 7 fully saturated rings. The van der Waals surface area contributed by atoms with Gasteiger partial charge in [-0.15, -0.1) is 5.10 Å². The molecule has 2 spiro atoms. The van der Waals surface area contributed by atoms with E-state index in [4.69, 9.17) is 79.1 Å². The number of carbonyl (C=O) groups excluding carboxylic acids is 1. The molecule has 0 saturated carbocycles. The molecule has 30 nitrogen and oxygen atoms in total. The van der Waals surface area contributed by atoms with Crippen molar-refractivity contribution in [3.63, 3.8) is 0 Å². The van der Waals surface area contributed by atoms with Gasteiger partial charge in [-0.1, -0.05) is 39.8 Å². The molecule has 12 aliphatic rings. The lowest BCUT2D eigenvalue weighted by molar-refractivity contribution is -0.0385. The van der Waals surface area contributed by atoms with Crippen LogP contribution in [-0.4, -0.2) is 194 Å². The SMILES string of the molecule is C[C@@H]1OCC2(CCN(c3cnc4c(N5CC[C@H](C)c6nc(-c7ccnn7C7CCCCO7)ccc65)nn(C5CCCCO5)c4n3)CC2)[C@@H]1NC(=O)OC(C)(C)C.C[C@@H]1OCC2(CCN(c3cnc4c(n3)CN=C4N3CC[C@H](C)c4nc(-c5ccn[nH]5)ccc43)CC2)[C@@H]1N.C[C@H]1CCCc2ccc(-c3ccnn3C3CCCCO3)nc21.C[C@H]1CCCc2ccc(Br)nc21. The van der Waals surface area contributed by atoms with E-state index in [-0.39, 0.29) is 59.7 Å².